The van der Waals surface area contributed by atoms with E-state index >= 15 is 0 Å². The highest BCUT2D eigenvalue weighted by molar-refractivity contribution is 7.89. The Balaban J connectivity index is 1.44. The van der Waals surface area contributed by atoms with E-state index in [1.54, 1.807) is 41.5 Å². The Labute approximate surface area is 183 Å². The van der Waals surface area contributed by atoms with Crippen molar-refractivity contribution in [1.29, 1.82) is 0 Å². The van der Waals surface area contributed by atoms with Gasteiger partial charge < -0.3 is 9.32 Å². The second kappa shape index (κ2) is 9.49. The first kappa shape index (κ1) is 21.3. The number of carbonyl (C=O) groups excluding carboxylic acids is 1. The number of benzene rings is 2. The van der Waals surface area contributed by atoms with E-state index in [4.69, 9.17) is 4.42 Å². The largest absolute Gasteiger partial charge is 0.467 e. The van der Waals surface area contributed by atoms with Crippen LogP contribution in [0.15, 0.2) is 88.4 Å². The van der Waals surface area contributed by atoms with Crippen LogP contribution in [0.4, 0.5) is 0 Å². The Morgan fingerprint density at radius 2 is 1.55 bits per heavy atom. The molecule has 4 rings (SSSR count). The van der Waals surface area contributed by atoms with E-state index in [0.29, 0.717) is 43.9 Å². The third kappa shape index (κ3) is 5.06. The monoisotopic (exact) mass is 438 g/mol. The molecule has 2 heterocycles. The van der Waals surface area contributed by atoms with E-state index in [2.05, 4.69) is 0 Å². The average Bonchev–Trinajstić information content (AvgIpc) is 3.33. The topological polar surface area (TPSA) is 70.8 Å². The van der Waals surface area contributed by atoms with Crippen LogP contribution in [-0.2, 0) is 27.9 Å². The fourth-order valence-electron chi connectivity index (χ4n) is 3.95. The lowest BCUT2D eigenvalue weighted by Gasteiger charge is -2.33. The van der Waals surface area contributed by atoms with E-state index in [1.165, 1.54) is 4.31 Å². The zero-order valence-electron chi connectivity index (χ0n) is 17.3. The molecular formula is C24H26N2O4S. The van der Waals surface area contributed by atoms with Crippen LogP contribution in [0.2, 0.25) is 0 Å². The minimum Gasteiger partial charge on any atom is -0.467 e. The van der Waals surface area contributed by atoms with E-state index in [1.807, 2.05) is 42.5 Å². The number of nitrogens with zero attached hydrogens (tertiary/aromatic N) is 2. The molecule has 0 saturated carbocycles. The minimum atomic E-state index is -3.53. The van der Waals surface area contributed by atoms with Crippen molar-refractivity contribution >= 4 is 15.9 Å². The van der Waals surface area contributed by atoms with Gasteiger partial charge in [0.05, 0.1) is 17.7 Å². The summed E-state index contributed by atoms with van der Waals surface area (Å²) in [7, 11) is -3.53. The van der Waals surface area contributed by atoms with Gasteiger partial charge in [-0.25, -0.2) is 8.42 Å². The molecule has 0 spiro atoms. The maximum absolute atomic E-state index is 13.4. The SMILES string of the molecule is O=C(C1CCN(S(=O)(=O)c2ccccc2)CC1)N(Cc1ccccc1)Cc1ccco1. The van der Waals surface area contributed by atoms with Crippen LogP contribution in [0.5, 0.6) is 0 Å². The predicted octanol–water partition coefficient (Wildman–Crippen LogP) is 3.91. The normalized spacial score (nSPS) is 15.6. The van der Waals surface area contributed by atoms with E-state index in [0.717, 1.165) is 11.3 Å². The van der Waals surface area contributed by atoms with Crippen molar-refractivity contribution in [2.75, 3.05) is 13.1 Å². The van der Waals surface area contributed by atoms with Crippen molar-refractivity contribution in [3.63, 3.8) is 0 Å². The second-order valence-electron chi connectivity index (χ2n) is 7.75. The van der Waals surface area contributed by atoms with Crippen LogP contribution in [0, 0.1) is 5.92 Å². The Morgan fingerprint density at radius 3 is 2.16 bits per heavy atom. The number of carbonyl (C=O) groups is 1. The lowest BCUT2D eigenvalue weighted by molar-refractivity contribution is -0.138. The summed E-state index contributed by atoms with van der Waals surface area (Å²) in [6, 6.07) is 22.0. The number of furan rings is 1. The van der Waals surface area contributed by atoms with Crippen LogP contribution < -0.4 is 0 Å². The highest BCUT2D eigenvalue weighted by atomic mass is 32.2. The van der Waals surface area contributed by atoms with Gasteiger partial charge in [0.1, 0.15) is 5.76 Å². The molecule has 1 aliphatic heterocycles. The van der Waals surface area contributed by atoms with Gasteiger partial charge in [0, 0.05) is 25.6 Å². The molecule has 1 aromatic heterocycles. The van der Waals surface area contributed by atoms with Gasteiger partial charge in [0.15, 0.2) is 0 Å². The van der Waals surface area contributed by atoms with Gasteiger partial charge in [-0.05, 0) is 42.7 Å². The van der Waals surface area contributed by atoms with Gasteiger partial charge in [-0.2, -0.15) is 4.31 Å². The molecule has 6 nitrogen and oxygen atoms in total. The standard InChI is InChI=1S/C24H26N2O4S/c27-24(25(19-22-10-7-17-30-22)18-20-8-3-1-4-9-20)21-13-15-26(16-14-21)31(28,29)23-11-5-2-6-12-23/h1-12,17,21H,13-16,18-19H2. The smallest absolute Gasteiger partial charge is 0.243 e. The highest BCUT2D eigenvalue weighted by Crippen LogP contribution is 2.26. The first-order valence-electron chi connectivity index (χ1n) is 10.4. The van der Waals surface area contributed by atoms with Gasteiger partial charge in [0.25, 0.3) is 0 Å². The van der Waals surface area contributed by atoms with Crippen LogP contribution in [0.25, 0.3) is 0 Å². The van der Waals surface area contributed by atoms with Crippen molar-refractivity contribution in [3.8, 4) is 0 Å². The fraction of sp³-hybridized carbons (Fsp3) is 0.292. The summed E-state index contributed by atoms with van der Waals surface area (Å²) in [4.78, 5) is 15.5. The Bertz CT molecular complexity index is 1080. The summed E-state index contributed by atoms with van der Waals surface area (Å²) in [6.45, 7) is 1.56. The number of amides is 1. The Morgan fingerprint density at radius 1 is 0.903 bits per heavy atom. The molecule has 7 heteroatoms. The molecule has 0 bridgehead atoms. The summed E-state index contributed by atoms with van der Waals surface area (Å²) in [6.07, 6.45) is 2.62. The average molecular weight is 439 g/mol. The van der Waals surface area contributed by atoms with Crippen LogP contribution in [-0.4, -0.2) is 36.6 Å². The first-order chi connectivity index (χ1) is 15.0. The van der Waals surface area contributed by atoms with E-state index in [9.17, 15) is 13.2 Å². The summed E-state index contributed by atoms with van der Waals surface area (Å²) < 4.78 is 32.7. The van der Waals surface area contributed by atoms with Gasteiger partial charge in [-0.1, -0.05) is 48.5 Å². The maximum atomic E-state index is 13.4. The number of hydrogen-bond donors (Lipinski definition) is 0. The van der Waals surface area contributed by atoms with Crippen LogP contribution in [0.1, 0.15) is 24.2 Å². The molecule has 2 aromatic carbocycles. The summed E-state index contributed by atoms with van der Waals surface area (Å²) >= 11 is 0. The number of rotatable bonds is 7. The van der Waals surface area contributed by atoms with Crippen molar-refractivity contribution < 1.29 is 17.6 Å². The quantitative estimate of drug-likeness (QED) is 0.561. The van der Waals surface area contributed by atoms with E-state index in [-0.39, 0.29) is 11.8 Å². The third-order valence-corrected chi connectivity index (χ3v) is 7.55. The number of hydrogen-bond acceptors (Lipinski definition) is 4. The second-order valence-corrected chi connectivity index (χ2v) is 9.69. The summed E-state index contributed by atoms with van der Waals surface area (Å²) in [5.41, 5.74) is 1.05. The zero-order valence-corrected chi connectivity index (χ0v) is 18.1. The molecule has 1 saturated heterocycles. The molecule has 0 aliphatic carbocycles. The minimum absolute atomic E-state index is 0.0389. The van der Waals surface area contributed by atoms with Crippen molar-refractivity contribution in [3.05, 3.63) is 90.4 Å². The van der Waals surface area contributed by atoms with Crippen molar-refractivity contribution in [2.24, 2.45) is 5.92 Å². The van der Waals surface area contributed by atoms with Crippen molar-refractivity contribution in [2.45, 2.75) is 30.8 Å². The molecule has 0 radical (unpaired) electrons. The number of sulfonamides is 1. The molecule has 162 valence electrons. The molecule has 1 fully saturated rings. The molecule has 1 aliphatic rings. The molecular weight excluding hydrogens is 412 g/mol. The van der Waals surface area contributed by atoms with Gasteiger partial charge in [-0.3, -0.25) is 4.79 Å². The third-order valence-electron chi connectivity index (χ3n) is 5.64. The molecule has 0 N–H and O–H groups in total. The van der Waals surface area contributed by atoms with E-state index < -0.39 is 10.0 Å². The predicted molar refractivity (Wildman–Crippen MR) is 117 cm³/mol. The van der Waals surface area contributed by atoms with Crippen LogP contribution >= 0.6 is 0 Å². The maximum Gasteiger partial charge on any atom is 0.243 e. The molecule has 0 atom stereocenters. The molecule has 0 unspecified atom stereocenters. The molecule has 1 amide bonds. The Kier molecular flexibility index (Phi) is 6.53. The summed E-state index contributed by atoms with van der Waals surface area (Å²) in [5, 5.41) is 0. The highest BCUT2D eigenvalue weighted by Gasteiger charge is 2.34. The fourth-order valence-corrected chi connectivity index (χ4v) is 5.44. The van der Waals surface area contributed by atoms with Crippen molar-refractivity contribution in [1.82, 2.24) is 9.21 Å². The summed E-state index contributed by atoms with van der Waals surface area (Å²) in [5.74, 6) is 0.561. The Hall–Kier alpha value is -2.90. The number of piperidine rings is 1. The van der Waals surface area contributed by atoms with Crippen LogP contribution in [0.3, 0.4) is 0 Å². The lowest BCUT2D eigenvalue weighted by Crippen LogP contribution is -2.44. The first-order valence-corrected chi connectivity index (χ1v) is 11.9. The van der Waals surface area contributed by atoms with Gasteiger partial charge >= 0.3 is 0 Å². The molecule has 31 heavy (non-hydrogen) atoms. The zero-order chi connectivity index (χ0) is 21.7. The molecule has 3 aromatic rings. The van der Waals surface area contributed by atoms with Gasteiger partial charge in [-0.15, -0.1) is 0 Å². The lowest BCUT2D eigenvalue weighted by atomic mass is 9.96. The van der Waals surface area contributed by atoms with Gasteiger partial charge in [0.2, 0.25) is 15.9 Å².